The SMILES string of the molecule is C.C.C.C.C.C.C.CC1=CN(C)C(c2ccccc2)N1.CC1C(=O)N(C)C(=O)N1C.CCN1C(=O)N(C)C(=O)C1Oc1ccccc1.CN1CCCCC1.CNC(=O)c1cccn1C.COC(=O)c1cccn1C.Cc1cc(C)n(C)n1.Cc1cc(C)n(C)n1.Cc1cccn1C.Cc1cn(C)nc1C.Cn1ccc(-c2ccccc2)n1. The Morgan fingerprint density at radius 1 is 0.521 bits per heavy atom. The summed E-state index contributed by atoms with van der Waals surface area (Å²) in [6.45, 7) is 22.9. The Morgan fingerprint density at radius 2 is 1.00 bits per heavy atom. The van der Waals surface area contributed by atoms with E-state index in [4.69, 9.17) is 4.74 Å². The highest BCUT2D eigenvalue weighted by Gasteiger charge is 2.44. The number of rotatable bonds is 7. The summed E-state index contributed by atoms with van der Waals surface area (Å²) in [6, 6.07) is 46.1. The number of urea groups is 2. The number of amides is 7. The highest BCUT2D eigenvalue weighted by atomic mass is 16.5. The highest BCUT2D eigenvalue weighted by Crippen LogP contribution is 2.24. The second-order valence-electron chi connectivity index (χ2n) is 26.8. The predicted octanol–water partition coefficient (Wildman–Crippen LogP) is 16.6. The lowest BCUT2D eigenvalue weighted by molar-refractivity contribution is -0.134. The largest absolute Gasteiger partial charge is 0.464 e. The summed E-state index contributed by atoms with van der Waals surface area (Å²) in [5.74, 6) is -0.236. The number of methoxy groups -OCH3 is 1. The average Bonchev–Trinajstić information content (AvgIpc) is 1.65. The smallest absolute Gasteiger partial charge is 0.354 e. The Kier molecular flexibility index (Phi) is 53.9. The van der Waals surface area contributed by atoms with E-state index in [-0.39, 0.29) is 93.8 Å². The molecule has 0 bridgehead atoms. The number of likely N-dealkylation sites (N-methyl/N-ethyl adjacent to an activating group) is 4. The van der Waals surface area contributed by atoms with E-state index in [2.05, 4.69) is 146 Å². The van der Waals surface area contributed by atoms with Gasteiger partial charge in [-0.15, -0.1) is 0 Å². The highest BCUT2D eigenvalue weighted by molar-refractivity contribution is 6.04. The number of ether oxygens (including phenoxy) is 2. The van der Waals surface area contributed by atoms with Gasteiger partial charge >= 0.3 is 18.0 Å². The molecule has 117 heavy (non-hydrogen) atoms. The van der Waals surface area contributed by atoms with Gasteiger partial charge in [0.1, 0.15) is 29.3 Å². The Balaban J connectivity index is -0.000000602. The summed E-state index contributed by atoms with van der Waals surface area (Å²) in [7, 11) is 25.3. The van der Waals surface area contributed by atoms with Crippen LogP contribution in [0.3, 0.4) is 0 Å². The van der Waals surface area contributed by atoms with Crippen LogP contribution in [0.2, 0.25) is 0 Å². The fourth-order valence-electron chi connectivity index (χ4n) is 10.9. The first-order valence-corrected chi connectivity index (χ1v) is 36.5. The van der Waals surface area contributed by atoms with Crippen LogP contribution in [0.25, 0.3) is 11.3 Å². The molecule has 2 N–H and O–H groups in total. The van der Waals surface area contributed by atoms with Crippen molar-refractivity contribution in [1.82, 2.24) is 92.9 Å². The zero-order chi connectivity index (χ0) is 81.9. The van der Waals surface area contributed by atoms with Gasteiger partial charge in [0, 0.05) is 157 Å². The molecule has 3 unspecified atom stereocenters. The maximum absolute atomic E-state index is 11.8. The van der Waals surface area contributed by atoms with Crippen LogP contribution in [0.5, 0.6) is 5.75 Å². The minimum absolute atomic E-state index is 0. The van der Waals surface area contributed by atoms with Gasteiger partial charge in [-0.25, -0.2) is 14.4 Å². The number of benzene rings is 3. The molecule has 27 heteroatoms. The topological polar surface area (TPSA) is 250 Å². The Labute approximate surface area is 702 Å². The Bertz CT molecular complexity index is 4190. The number of carbonyl (C=O) groups is 6. The van der Waals surface area contributed by atoms with Gasteiger partial charge in [0.05, 0.1) is 29.9 Å². The molecule has 10 aromatic rings. The van der Waals surface area contributed by atoms with E-state index in [9.17, 15) is 28.8 Å². The molecule has 650 valence electrons. The molecule has 27 nitrogen and oxygen atoms in total. The zero-order valence-electron chi connectivity index (χ0n) is 69.2. The molecule has 3 fully saturated rings. The van der Waals surface area contributed by atoms with Gasteiger partial charge in [-0.1, -0.05) is 137 Å². The number of hydrogen-bond acceptors (Lipinski definition) is 15. The molecule has 0 radical (unpaired) electrons. The molecule has 4 aliphatic rings. The Morgan fingerprint density at radius 3 is 1.30 bits per heavy atom. The Hall–Kier alpha value is -11.7. The van der Waals surface area contributed by atoms with E-state index in [0.29, 0.717) is 29.8 Å². The third-order valence-corrected chi connectivity index (χ3v) is 17.9. The van der Waals surface area contributed by atoms with Gasteiger partial charge in [0.15, 0.2) is 0 Å². The maximum atomic E-state index is 11.8. The van der Waals surface area contributed by atoms with Crippen molar-refractivity contribution in [3.8, 4) is 17.0 Å². The van der Waals surface area contributed by atoms with Crippen molar-refractivity contribution in [3.05, 3.63) is 245 Å². The standard InChI is InChI=1S/C12H14N2O3.C11H14N2.C10H10N2.C7H10N2O.C7H9NO2.C6H10N2O2.3C6H10N2.C6H9N.C6H13N.7CH4/c1-3-14-11(10(15)13(2)12(14)16)17-9-7-5-4-6-8-9;1-9-8-13(2)11(12-9)10-6-4-3-5-7-10;1-12-8-7-10(11-12)9-5-3-2-4-6-9;1-8-7(10)6-4-3-5-9(6)2;1-8-5-3-4-6(8)7(9)10-2;1-4-5(9)8(3)6(10)7(4)2;1-5-4-8(3)7-6(5)2;2*1-5-4-6(2)8(3)7-5;1-6-4-3-5-7(6)2;1-7-5-3-2-4-6-7;;;;;;;/h4-8,11H,3H2,1-2H3;3-8,11-12H,1-2H3;2-8H,1H3;3-5H,1-2H3,(H,8,10);3-5H,1-2H3;4H,1-3H3;3*4H,1-3H3;3-5H,1-2H3;2-6H2,1H3;7*1H4. The van der Waals surface area contributed by atoms with Crippen LogP contribution in [0.4, 0.5) is 9.59 Å². The van der Waals surface area contributed by atoms with Gasteiger partial charge in [0.25, 0.3) is 23.9 Å². The molecular formula is C90H147N19O8. The molecule has 7 aromatic heterocycles. The summed E-state index contributed by atoms with van der Waals surface area (Å²) in [5.41, 5.74) is 14.2. The molecule has 14 rings (SSSR count). The van der Waals surface area contributed by atoms with Crippen LogP contribution in [-0.4, -0.2) is 199 Å². The third-order valence-electron chi connectivity index (χ3n) is 17.9. The summed E-state index contributed by atoms with van der Waals surface area (Å²) in [5, 5.41) is 22.6. The lowest BCUT2D eigenvalue weighted by Crippen LogP contribution is -2.39. The zero-order valence-corrected chi connectivity index (χ0v) is 69.2. The number of hydrogen-bond donors (Lipinski definition) is 2. The summed E-state index contributed by atoms with van der Waals surface area (Å²) < 4.78 is 23.0. The maximum Gasteiger partial charge on any atom is 0.354 e. The average molecular weight is 1620 g/mol. The van der Waals surface area contributed by atoms with E-state index >= 15 is 0 Å². The van der Waals surface area contributed by atoms with Crippen molar-refractivity contribution >= 4 is 35.8 Å². The molecule has 0 saturated carbocycles. The molecule has 4 aliphatic heterocycles. The fourth-order valence-corrected chi connectivity index (χ4v) is 10.9. The number of nitrogens with one attached hydrogen (secondary N) is 2. The van der Waals surface area contributed by atoms with Gasteiger partial charge in [-0.05, 0) is 180 Å². The van der Waals surface area contributed by atoms with Crippen LogP contribution in [-0.2, 0) is 63.7 Å². The van der Waals surface area contributed by atoms with Gasteiger partial charge in [-0.3, -0.25) is 47.8 Å². The summed E-state index contributed by atoms with van der Waals surface area (Å²) in [6.07, 6.45) is 15.5. The molecule has 3 aromatic carbocycles. The lowest BCUT2D eigenvalue weighted by atomic mass is 10.1. The number of likely N-dealkylation sites (tertiary alicyclic amines) is 1. The molecule has 3 saturated heterocycles. The number of imide groups is 2. The number of carbonyl (C=O) groups excluding carboxylic acids is 6. The van der Waals surface area contributed by atoms with Crippen LogP contribution >= 0.6 is 0 Å². The van der Waals surface area contributed by atoms with Gasteiger partial charge < -0.3 is 48.5 Å². The van der Waals surface area contributed by atoms with Crippen LogP contribution in [0.15, 0.2) is 188 Å². The minimum atomic E-state index is -0.847. The first-order chi connectivity index (χ1) is 52.1. The molecular weight excluding hydrogens is 1480 g/mol. The summed E-state index contributed by atoms with van der Waals surface area (Å²) in [4.78, 5) is 76.9. The number of aromatic nitrogens is 11. The lowest BCUT2D eigenvalue weighted by Gasteiger charge is -2.21. The molecule has 3 atom stereocenters. The first kappa shape index (κ1) is 112. The molecule has 7 amide bonds. The van der Waals surface area contributed by atoms with Gasteiger partial charge in [-0.2, -0.15) is 20.4 Å². The first-order valence-electron chi connectivity index (χ1n) is 36.5. The predicted molar refractivity (Wildman–Crippen MR) is 481 cm³/mol. The van der Waals surface area contributed by atoms with Crippen molar-refractivity contribution in [2.24, 2.45) is 49.3 Å². The number of piperidine rings is 1. The molecule has 0 aliphatic carbocycles. The number of para-hydroxylation sites is 1. The fraction of sp³-hybridized carbons (Fsp3) is 0.444. The van der Waals surface area contributed by atoms with Crippen molar-refractivity contribution in [2.75, 3.05) is 69.0 Å². The number of allylic oxidation sites excluding steroid dienone is 1. The van der Waals surface area contributed by atoms with E-state index < -0.39 is 6.23 Å². The van der Waals surface area contributed by atoms with Crippen LogP contribution in [0, 0.1) is 48.5 Å². The van der Waals surface area contributed by atoms with Crippen LogP contribution in [0.1, 0.15) is 164 Å². The number of aryl methyl sites for hydroxylation is 14. The quantitative estimate of drug-likeness (QED) is 0.111. The van der Waals surface area contributed by atoms with Crippen LogP contribution < -0.4 is 15.4 Å². The summed E-state index contributed by atoms with van der Waals surface area (Å²) >= 11 is 0. The second-order valence-corrected chi connectivity index (χ2v) is 26.8. The molecule has 0 spiro atoms. The van der Waals surface area contributed by atoms with E-state index in [1.807, 2.05) is 188 Å². The van der Waals surface area contributed by atoms with Crippen molar-refractivity contribution in [2.45, 2.75) is 159 Å². The van der Waals surface area contributed by atoms with E-state index in [1.165, 1.54) is 97.3 Å². The monoisotopic (exact) mass is 1620 g/mol. The third kappa shape index (κ3) is 36.3. The number of nitrogens with zero attached hydrogens (tertiary/aromatic N) is 17. The van der Waals surface area contributed by atoms with E-state index in [1.54, 1.807) is 73.7 Å². The molecule has 11 heterocycles. The van der Waals surface area contributed by atoms with Crippen molar-refractivity contribution in [3.63, 3.8) is 0 Å². The normalized spacial score (nSPS) is 14.3. The van der Waals surface area contributed by atoms with Crippen molar-refractivity contribution < 1.29 is 38.2 Å². The number of esters is 1. The van der Waals surface area contributed by atoms with Crippen molar-refractivity contribution in [1.29, 1.82) is 0 Å². The van der Waals surface area contributed by atoms with E-state index in [0.717, 1.165) is 38.1 Å². The minimum Gasteiger partial charge on any atom is -0.464 e. The second kappa shape index (κ2) is 56.5. The van der Waals surface area contributed by atoms with Gasteiger partial charge in [0.2, 0.25) is 0 Å².